The number of amides is 1. The standard InChI is InChI=1S/C14H23NO4/c1-8-10(12(16)17)7-9-5-6-11(8)15(9)13(18)19-14(2,3)4/h8-11H,5-7H2,1-4H3,(H,16,17). The number of piperidine rings is 1. The molecule has 0 saturated carbocycles. The van der Waals surface area contributed by atoms with Crippen molar-refractivity contribution in [2.24, 2.45) is 11.8 Å². The number of hydrogen-bond acceptors (Lipinski definition) is 3. The van der Waals surface area contributed by atoms with Crippen molar-refractivity contribution < 1.29 is 19.4 Å². The van der Waals surface area contributed by atoms with Crippen LogP contribution in [0.1, 0.15) is 47.0 Å². The van der Waals surface area contributed by atoms with E-state index in [9.17, 15) is 14.7 Å². The SMILES string of the molecule is CC1C(C(=O)O)CC2CCC1N2C(=O)OC(C)(C)C. The van der Waals surface area contributed by atoms with Crippen LogP contribution in [-0.4, -0.2) is 39.8 Å². The van der Waals surface area contributed by atoms with Crippen molar-refractivity contribution in [2.75, 3.05) is 0 Å². The molecule has 0 radical (unpaired) electrons. The first-order chi connectivity index (χ1) is 8.70. The minimum Gasteiger partial charge on any atom is -0.481 e. The van der Waals surface area contributed by atoms with Gasteiger partial charge in [0.15, 0.2) is 0 Å². The van der Waals surface area contributed by atoms with Crippen LogP contribution in [0.5, 0.6) is 0 Å². The Labute approximate surface area is 113 Å². The van der Waals surface area contributed by atoms with Crippen molar-refractivity contribution in [1.29, 1.82) is 0 Å². The lowest BCUT2D eigenvalue weighted by Gasteiger charge is -2.42. The van der Waals surface area contributed by atoms with E-state index >= 15 is 0 Å². The van der Waals surface area contributed by atoms with Crippen LogP contribution in [0.4, 0.5) is 4.79 Å². The third-order valence-corrected chi connectivity index (χ3v) is 4.24. The summed E-state index contributed by atoms with van der Waals surface area (Å²) in [5.41, 5.74) is -0.511. The molecular formula is C14H23NO4. The summed E-state index contributed by atoms with van der Waals surface area (Å²) in [6.07, 6.45) is 2.02. The molecule has 2 aliphatic rings. The smallest absolute Gasteiger partial charge is 0.410 e. The zero-order chi connectivity index (χ0) is 14.4. The largest absolute Gasteiger partial charge is 0.481 e. The van der Waals surface area contributed by atoms with E-state index in [4.69, 9.17) is 4.74 Å². The summed E-state index contributed by atoms with van der Waals surface area (Å²) >= 11 is 0. The second-order valence-corrected chi connectivity index (χ2v) is 6.73. The van der Waals surface area contributed by atoms with Crippen molar-refractivity contribution in [1.82, 2.24) is 4.90 Å². The molecule has 2 heterocycles. The minimum atomic E-state index is -0.742. The molecule has 4 atom stereocenters. The first-order valence-electron chi connectivity index (χ1n) is 6.95. The number of carboxylic acid groups (broad SMARTS) is 1. The van der Waals surface area contributed by atoms with Gasteiger partial charge in [0.25, 0.3) is 0 Å². The molecule has 5 heteroatoms. The summed E-state index contributed by atoms with van der Waals surface area (Å²) in [6.45, 7) is 7.48. The van der Waals surface area contributed by atoms with E-state index < -0.39 is 11.6 Å². The number of rotatable bonds is 1. The number of ether oxygens (including phenoxy) is 1. The van der Waals surface area contributed by atoms with Gasteiger partial charge in [-0.05, 0) is 46.0 Å². The second-order valence-electron chi connectivity index (χ2n) is 6.73. The highest BCUT2D eigenvalue weighted by atomic mass is 16.6. The Balaban J connectivity index is 2.13. The minimum absolute atomic E-state index is 0.00898. The van der Waals surface area contributed by atoms with Crippen LogP contribution < -0.4 is 0 Å². The predicted molar refractivity (Wildman–Crippen MR) is 69.8 cm³/mol. The van der Waals surface area contributed by atoms with E-state index in [1.165, 1.54) is 0 Å². The van der Waals surface area contributed by atoms with Gasteiger partial charge in [0.05, 0.1) is 5.92 Å². The third kappa shape index (κ3) is 2.69. The van der Waals surface area contributed by atoms with Gasteiger partial charge in [-0.1, -0.05) is 6.92 Å². The van der Waals surface area contributed by atoms with Crippen LogP contribution in [0.15, 0.2) is 0 Å². The highest BCUT2D eigenvalue weighted by Crippen LogP contribution is 2.43. The van der Waals surface area contributed by atoms with Gasteiger partial charge >= 0.3 is 12.1 Å². The maximum atomic E-state index is 12.3. The molecule has 2 aliphatic heterocycles. The Hall–Kier alpha value is -1.26. The molecule has 0 aromatic rings. The number of hydrogen-bond donors (Lipinski definition) is 1. The Morgan fingerprint density at radius 3 is 2.42 bits per heavy atom. The van der Waals surface area contributed by atoms with Gasteiger partial charge in [-0.15, -0.1) is 0 Å². The average Bonchev–Trinajstić information content (AvgIpc) is 2.58. The number of aliphatic carboxylic acids is 1. The molecule has 108 valence electrons. The number of carbonyl (C=O) groups is 2. The number of carboxylic acids is 1. The van der Waals surface area contributed by atoms with Gasteiger partial charge in [0.1, 0.15) is 5.60 Å². The maximum absolute atomic E-state index is 12.3. The molecule has 1 N–H and O–H groups in total. The van der Waals surface area contributed by atoms with Gasteiger partial charge in [-0.25, -0.2) is 4.79 Å². The fraction of sp³-hybridized carbons (Fsp3) is 0.857. The van der Waals surface area contributed by atoms with E-state index in [2.05, 4.69) is 0 Å². The normalized spacial score (nSPS) is 34.2. The van der Waals surface area contributed by atoms with Crippen LogP contribution >= 0.6 is 0 Å². The molecule has 2 rings (SSSR count). The molecule has 4 unspecified atom stereocenters. The Morgan fingerprint density at radius 1 is 1.26 bits per heavy atom. The van der Waals surface area contributed by atoms with Crippen LogP contribution in [0.3, 0.4) is 0 Å². The highest BCUT2D eigenvalue weighted by Gasteiger charge is 2.50. The van der Waals surface area contributed by atoms with Crippen molar-refractivity contribution in [3.63, 3.8) is 0 Å². The van der Waals surface area contributed by atoms with Crippen LogP contribution in [0, 0.1) is 11.8 Å². The van der Waals surface area contributed by atoms with Crippen molar-refractivity contribution >= 4 is 12.1 Å². The Kier molecular flexibility index (Phi) is 3.49. The molecule has 19 heavy (non-hydrogen) atoms. The zero-order valence-corrected chi connectivity index (χ0v) is 12.0. The molecule has 2 saturated heterocycles. The van der Waals surface area contributed by atoms with Gasteiger partial charge in [0, 0.05) is 12.1 Å². The summed E-state index contributed by atoms with van der Waals surface area (Å²) in [6, 6.07) is 0.0341. The van der Waals surface area contributed by atoms with E-state index in [0.717, 1.165) is 12.8 Å². The predicted octanol–water partition coefficient (Wildman–Crippen LogP) is 2.50. The van der Waals surface area contributed by atoms with Gasteiger partial charge < -0.3 is 14.7 Å². The van der Waals surface area contributed by atoms with Crippen molar-refractivity contribution in [3.8, 4) is 0 Å². The van der Waals surface area contributed by atoms with E-state index in [1.54, 1.807) is 4.90 Å². The first kappa shape index (κ1) is 14.2. The van der Waals surface area contributed by atoms with Crippen LogP contribution in [0.2, 0.25) is 0 Å². The molecule has 0 aliphatic carbocycles. The third-order valence-electron chi connectivity index (χ3n) is 4.24. The van der Waals surface area contributed by atoms with Gasteiger partial charge in [0.2, 0.25) is 0 Å². The summed E-state index contributed by atoms with van der Waals surface area (Å²) in [7, 11) is 0. The number of carbonyl (C=O) groups excluding carboxylic acids is 1. The van der Waals surface area contributed by atoms with Gasteiger partial charge in [-0.2, -0.15) is 0 Å². The molecule has 1 amide bonds. The highest BCUT2D eigenvalue weighted by molar-refractivity contribution is 5.73. The maximum Gasteiger partial charge on any atom is 0.410 e. The van der Waals surface area contributed by atoms with E-state index in [0.29, 0.717) is 6.42 Å². The monoisotopic (exact) mass is 269 g/mol. The Morgan fingerprint density at radius 2 is 1.89 bits per heavy atom. The quantitative estimate of drug-likeness (QED) is 0.794. The average molecular weight is 269 g/mol. The lowest BCUT2D eigenvalue weighted by Crippen LogP contribution is -2.53. The van der Waals surface area contributed by atoms with E-state index in [-0.39, 0.29) is 30.0 Å². The summed E-state index contributed by atoms with van der Waals surface area (Å²) < 4.78 is 5.44. The van der Waals surface area contributed by atoms with Gasteiger partial charge in [-0.3, -0.25) is 4.79 Å². The lowest BCUT2D eigenvalue weighted by atomic mass is 9.81. The lowest BCUT2D eigenvalue weighted by molar-refractivity contribution is -0.147. The topological polar surface area (TPSA) is 66.8 Å². The molecular weight excluding hydrogens is 246 g/mol. The fourth-order valence-electron chi connectivity index (χ4n) is 3.36. The zero-order valence-electron chi connectivity index (χ0n) is 12.0. The molecule has 2 bridgehead atoms. The van der Waals surface area contributed by atoms with E-state index in [1.807, 2.05) is 27.7 Å². The van der Waals surface area contributed by atoms with Crippen molar-refractivity contribution in [3.05, 3.63) is 0 Å². The van der Waals surface area contributed by atoms with Crippen LogP contribution in [-0.2, 0) is 9.53 Å². The van der Waals surface area contributed by atoms with Crippen molar-refractivity contribution in [2.45, 2.75) is 64.6 Å². The summed E-state index contributed by atoms with van der Waals surface area (Å²) in [5, 5.41) is 9.25. The second kappa shape index (κ2) is 4.69. The molecule has 5 nitrogen and oxygen atoms in total. The number of nitrogens with zero attached hydrogens (tertiary/aromatic N) is 1. The summed E-state index contributed by atoms with van der Waals surface area (Å²) in [4.78, 5) is 25.3. The molecule has 0 aromatic carbocycles. The number of fused-ring (bicyclic) bond motifs is 2. The summed E-state index contributed by atoms with van der Waals surface area (Å²) in [5.74, 6) is -1.09. The molecule has 0 aromatic heterocycles. The fourth-order valence-corrected chi connectivity index (χ4v) is 3.36. The molecule has 0 spiro atoms. The Bertz CT molecular complexity index is 387. The molecule has 2 fully saturated rings. The first-order valence-corrected chi connectivity index (χ1v) is 6.95. The van der Waals surface area contributed by atoms with Crippen LogP contribution in [0.25, 0.3) is 0 Å².